The van der Waals surface area contributed by atoms with E-state index in [9.17, 15) is 21.6 Å². The molecule has 8 heteroatoms. The van der Waals surface area contributed by atoms with Gasteiger partial charge in [-0.2, -0.15) is 0 Å². The summed E-state index contributed by atoms with van der Waals surface area (Å²) >= 11 is 0. The van der Waals surface area contributed by atoms with Crippen LogP contribution in [0, 0.1) is 0 Å². The molecule has 6 nitrogen and oxygen atoms in total. The number of nitrogens with one attached hydrogen (secondary N) is 1. The summed E-state index contributed by atoms with van der Waals surface area (Å²) < 4.78 is 43.8. The Hall–Kier alpha value is -0.890. The van der Waals surface area contributed by atoms with Gasteiger partial charge in [-0.05, 0) is 0 Å². The van der Waals surface area contributed by atoms with Gasteiger partial charge in [0.1, 0.15) is 5.03 Å². The Morgan fingerprint density at radius 3 is 2.23 bits per heavy atom. The normalized spacial score (nSPS) is 23.6. The summed E-state index contributed by atoms with van der Waals surface area (Å²) in [5.41, 5.74) is 0. The fraction of sp³-hybridized carbons (Fsp3) is 0.400. The number of rotatable bonds is 1. The molecule has 1 N–H and O–H groups in total. The van der Waals surface area contributed by atoms with Crippen molar-refractivity contribution in [2.75, 3.05) is 5.08 Å². The maximum atomic E-state index is 11.1. The molecule has 1 amide bonds. The highest BCUT2D eigenvalue weighted by molar-refractivity contribution is 8.14. The summed E-state index contributed by atoms with van der Waals surface area (Å²) in [6.07, 6.45) is 0. The van der Waals surface area contributed by atoms with Crippen LogP contribution in [0.3, 0.4) is 0 Å². The quantitative estimate of drug-likeness (QED) is 0.599. The van der Waals surface area contributed by atoms with E-state index >= 15 is 0 Å². The average Bonchev–Trinajstić information content (AvgIpc) is 1.98. The number of amides is 1. The number of hydrogen-bond donors (Lipinski definition) is 1. The first-order valence-corrected chi connectivity index (χ1v) is 6.54. The van der Waals surface area contributed by atoms with Crippen molar-refractivity contribution in [1.82, 2.24) is 5.32 Å². The van der Waals surface area contributed by atoms with E-state index in [1.807, 2.05) is 5.32 Å². The van der Waals surface area contributed by atoms with E-state index in [2.05, 4.69) is 0 Å². The monoisotopic (exact) mass is 225 g/mol. The van der Waals surface area contributed by atoms with Crippen LogP contribution in [0.2, 0.25) is 0 Å². The molecule has 1 aliphatic heterocycles. The molecule has 0 atom stereocenters. The summed E-state index contributed by atoms with van der Waals surface area (Å²) in [6, 6.07) is 0. The first-order valence-electron chi connectivity index (χ1n) is 3.18. The van der Waals surface area contributed by atoms with Crippen molar-refractivity contribution in [1.29, 1.82) is 0 Å². The lowest BCUT2D eigenvalue weighted by molar-refractivity contribution is -0.118. The molecule has 0 bridgehead atoms. The third-order valence-electron chi connectivity index (χ3n) is 1.24. The SMILES string of the molecule is CC(=O)NC1=CS(=O)(=O)CS1(=O)=O. The predicted molar refractivity (Wildman–Crippen MR) is 44.6 cm³/mol. The first-order chi connectivity index (χ1) is 5.73. The van der Waals surface area contributed by atoms with Crippen LogP contribution in [0.1, 0.15) is 6.92 Å². The minimum atomic E-state index is -3.85. The van der Waals surface area contributed by atoms with Crippen molar-refractivity contribution in [3.63, 3.8) is 0 Å². The van der Waals surface area contributed by atoms with Crippen molar-refractivity contribution in [2.24, 2.45) is 0 Å². The van der Waals surface area contributed by atoms with Crippen LogP contribution in [0.5, 0.6) is 0 Å². The lowest BCUT2D eigenvalue weighted by atomic mass is 10.7. The van der Waals surface area contributed by atoms with Crippen LogP contribution in [0.4, 0.5) is 0 Å². The largest absolute Gasteiger partial charge is 0.316 e. The maximum absolute atomic E-state index is 11.1. The van der Waals surface area contributed by atoms with Crippen molar-refractivity contribution in [2.45, 2.75) is 6.92 Å². The van der Waals surface area contributed by atoms with Gasteiger partial charge in [-0.25, -0.2) is 16.8 Å². The molecule has 74 valence electrons. The van der Waals surface area contributed by atoms with Crippen LogP contribution in [0.25, 0.3) is 0 Å². The number of carbonyl (C=O) groups excluding carboxylic acids is 1. The molecule has 0 saturated carbocycles. The Labute approximate surface area is 75.5 Å². The smallest absolute Gasteiger partial charge is 0.221 e. The minimum absolute atomic E-state index is 0.542. The Morgan fingerprint density at radius 1 is 1.38 bits per heavy atom. The molecule has 0 aromatic heterocycles. The number of sulfone groups is 2. The molecule has 0 saturated heterocycles. The van der Waals surface area contributed by atoms with Gasteiger partial charge in [0.2, 0.25) is 15.7 Å². The van der Waals surface area contributed by atoms with E-state index in [0.29, 0.717) is 5.41 Å². The summed E-state index contributed by atoms with van der Waals surface area (Å²) in [5, 5.41) is 0.998. The minimum Gasteiger partial charge on any atom is -0.316 e. The second kappa shape index (κ2) is 2.81. The van der Waals surface area contributed by atoms with E-state index in [0.717, 1.165) is 6.92 Å². The molecule has 0 fully saturated rings. The molecule has 13 heavy (non-hydrogen) atoms. The zero-order valence-electron chi connectivity index (χ0n) is 6.64. The highest BCUT2D eigenvalue weighted by Gasteiger charge is 2.34. The molecule has 0 aromatic carbocycles. The van der Waals surface area contributed by atoms with Crippen LogP contribution >= 0.6 is 0 Å². The topological polar surface area (TPSA) is 97.4 Å². The zero-order chi connectivity index (χ0) is 10.3. The van der Waals surface area contributed by atoms with Crippen molar-refractivity contribution in [3.05, 3.63) is 10.4 Å². The van der Waals surface area contributed by atoms with Gasteiger partial charge in [0, 0.05) is 6.92 Å². The van der Waals surface area contributed by atoms with Crippen LogP contribution in [-0.4, -0.2) is 27.8 Å². The number of carbonyl (C=O) groups is 1. The van der Waals surface area contributed by atoms with Gasteiger partial charge in [0.15, 0.2) is 14.9 Å². The van der Waals surface area contributed by atoms with Crippen molar-refractivity contribution < 1.29 is 21.6 Å². The van der Waals surface area contributed by atoms with Crippen molar-refractivity contribution >= 4 is 25.6 Å². The average molecular weight is 225 g/mol. The van der Waals surface area contributed by atoms with Crippen molar-refractivity contribution in [3.8, 4) is 0 Å². The van der Waals surface area contributed by atoms with Gasteiger partial charge in [-0.15, -0.1) is 0 Å². The second-order valence-electron chi connectivity index (χ2n) is 2.56. The van der Waals surface area contributed by atoms with Gasteiger partial charge < -0.3 is 5.32 Å². The van der Waals surface area contributed by atoms with Crippen LogP contribution in [0.15, 0.2) is 10.4 Å². The summed E-state index contributed by atoms with van der Waals surface area (Å²) in [5.74, 6) is -0.619. The standard InChI is InChI=1S/C5H7NO5S2/c1-4(7)6-5-2-12(8,9)3-13(5,10)11/h2H,3H2,1H3,(H,6,7). The van der Waals surface area contributed by atoms with Crippen LogP contribution in [-0.2, 0) is 24.5 Å². The third kappa shape index (κ3) is 2.28. The Bertz CT molecular complexity index is 469. The highest BCUT2D eigenvalue weighted by Crippen LogP contribution is 2.18. The van der Waals surface area contributed by atoms with Gasteiger partial charge in [-0.1, -0.05) is 0 Å². The molecule has 0 aromatic rings. The molecule has 1 heterocycles. The van der Waals surface area contributed by atoms with Gasteiger partial charge in [-0.3, -0.25) is 4.79 Å². The molecule has 1 rings (SSSR count). The molecule has 0 aliphatic carbocycles. The molecule has 0 radical (unpaired) electrons. The Morgan fingerprint density at radius 2 is 1.92 bits per heavy atom. The molecular weight excluding hydrogens is 218 g/mol. The molecular formula is C5H7NO5S2. The maximum Gasteiger partial charge on any atom is 0.221 e. The Balaban J connectivity index is 3.16. The first kappa shape index (κ1) is 10.2. The molecule has 1 aliphatic rings. The third-order valence-corrected chi connectivity index (χ3v) is 5.43. The summed E-state index contributed by atoms with van der Waals surface area (Å²) in [7, 11) is -7.56. The predicted octanol–water partition coefficient (Wildman–Crippen LogP) is -1.28. The van der Waals surface area contributed by atoms with E-state index in [1.165, 1.54) is 0 Å². The van der Waals surface area contributed by atoms with Gasteiger partial charge in [0.25, 0.3) is 0 Å². The Kier molecular flexibility index (Phi) is 2.20. The van der Waals surface area contributed by atoms with Gasteiger partial charge >= 0.3 is 0 Å². The summed E-state index contributed by atoms with van der Waals surface area (Å²) in [6.45, 7) is 1.10. The van der Waals surface area contributed by atoms with E-state index in [-0.39, 0.29) is 0 Å². The fourth-order valence-corrected chi connectivity index (χ4v) is 5.05. The van der Waals surface area contributed by atoms with Gasteiger partial charge in [0.05, 0.1) is 5.41 Å². The zero-order valence-corrected chi connectivity index (χ0v) is 8.28. The fourth-order valence-electron chi connectivity index (χ4n) is 0.831. The molecule has 0 unspecified atom stereocenters. The second-order valence-corrected chi connectivity index (χ2v) is 6.73. The number of hydrogen-bond acceptors (Lipinski definition) is 5. The van der Waals surface area contributed by atoms with E-state index in [1.54, 1.807) is 0 Å². The summed E-state index contributed by atoms with van der Waals surface area (Å²) in [4.78, 5) is 10.5. The highest BCUT2D eigenvalue weighted by atomic mass is 32.3. The lowest BCUT2D eigenvalue weighted by Crippen LogP contribution is -2.23. The lowest BCUT2D eigenvalue weighted by Gasteiger charge is -1.99. The van der Waals surface area contributed by atoms with E-state index in [4.69, 9.17) is 0 Å². The molecule has 0 spiro atoms. The van der Waals surface area contributed by atoms with Crippen LogP contribution < -0.4 is 5.32 Å². The van der Waals surface area contributed by atoms with E-state index < -0.39 is 35.7 Å².